The summed E-state index contributed by atoms with van der Waals surface area (Å²) in [5.74, 6) is -3.78. The summed E-state index contributed by atoms with van der Waals surface area (Å²) in [6.07, 6.45) is 5.53. The minimum atomic E-state index is -1.10. The van der Waals surface area contributed by atoms with Crippen LogP contribution in [0.3, 0.4) is 0 Å². The number of esters is 3. The minimum absolute atomic E-state index is 0.239. The van der Waals surface area contributed by atoms with E-state index in [0.29, 0.717) is 12.0 Å². The highest BCUT2D eigenvalue weighted by Crippen LogP contribution is 2.42. The van der Waals surface area contributed by atoms with Gasteiger partial charge in [0.15, 0.2) is 12.4 Å². The van der Waals surface area contributed by atoms with Crippen LogP contribution in [-0.4, -0.2) is 36.6 Å². The average Bonchev–Trinajstić information content (AvgIpc) is 2.76. The molecule has 3 rings (SSSR count). The number of fused-ring (bicyclic) bond motifs is 1. The molecule has 1 heterocycles. The molecule has 1 aliphatic carbocycles. The lowest BCUT2D eigenvalue weighted by Crippen LogP contribution is -2.32. The van der Waals surface area contributed by atoms with Crippen molar-refractivity contribution in [1.82, 2.24) is 0 Å². The molecule has 2 unspecified atom stereocenters. The number of ether oxygens (including phenoxy) is 3. The lowest BCUT2D eigenvalue weighted by atomic mass is 9.88. The van der Waals surface area contributed by atoms with Gasteiger partial charge in [0.1, 0.15) is 5.92 Å². The van der Waals surface area contributed by atoms with Gasteiger partial charge < -0.3 is 14.2 Å². The molecule has 2 aliphatic rings. The van der Waals surface area contributed by atoms with Crippen molar-refractivity contribution in [2.24, 2.45) is 5.92 Å². The number of hydrogen-bond donors (Lipinski definition) is 0. The Balaban J connectivity index is 1.54. The molecule has 8 heteroatoms. The van der Waals surface area contributed by atoms with E-state index in [1.807, 2.05) is 24.3 Å². The van der Waals surface area contributed by atoms with E-state index in [4.69, 9.17) is 14.2 Å². The topological polar surface area (TPSA) is 96.0 Å². The van der Waals surface area contributed by atoms with Crippen LogP contribution in [0.1, 0.15) is 25.8 Å². The van der Waals surface area contributed by atoms with Crippen molar-refractivity contribution in [1.29, 1.82) is 0 Å². The molecular formula is C23H22O7S. The van der Waals surface area contributed by atoms with Gasteiger partial charge in [-0.15, -0.1) is 0 Å². The van der Waals surface area contributed by atoms with Gasteiger partial charge in [-0.05, 0) is 18.6 Å². The summed E-state index contributed by atoms with van der Waals surface area (Å²) in [7, 11) is 0. The molecule has 0 saturated heterocycles. The fourth-order valence-electron chi connectivity index (χ4n) is 3.09. The predicted molar refractivity (Wildman–Crippen MR) is 113 cm³/mol. The Morgan fingerprint density at radius 3 is 2.74 bits per heavy atom. The number of carbonyl (C=O) groups is 4. The van der Waals surface area contributed by atoms with E-state index in [9.17, 15) is 19.2 Å². The van der Waals surface area contributed by atoms with Crippen LogP contribution in [0, 0.1) is 5.92 Å². The molecule has 1 aromatic rings. The first-order chi connectivity index (χ1) is 14.9. The largest absolute Gasteiger partial charge is 0.453 e. The van der Waals surface area contributed by atoms with Gasteiger partial charge in [-0.1, -0.05) is 55.1 Å². The van der Waals surface area contributed by atoms with Crippen molar-refractivity contribution in [3.8, 4) is 0 Å². The standard InChI is InChI=1S/C23H22O7S/c1-3-7-19(24)29-21(4-2)30-20(25)13-28-23(27)15-10-11-18-16(22(15)26)12-14-8-5-6-9-17(14)31-18/h3,5-11,15,21H,4,12-13H2,1-2H3/b7-3+. The number of benzene rings is 1. The minimum Gasteiger partial charge on any atom is -0.453 e. The van der Waals surface area contributed by atoms with Gasteiger partial charge in [0, 0.05) is 34.3 Å². The van der Waals surface area contributed by atoms with Gasteiger partial charge in [-0.3, -0.25) is 9.59 Å². The van der Waals surface area contributed by atoms with Crippen LogP contribution >= 0.6 is 11.8 Å². The first-order valence-corrected chi connectivity index (χ1v) is 10.6. The molecular weight excluding hydrogens is 420 g/mol. The van der Waals surface area contributed by atoms with E-state index in [1.165, 1.54) is 30.0 Å². The maximum absolute atomic E-state index is 12.9. The number of Topliss-reactive ketones (excluding diaryl/α,β-unsaturated/α-hetero) is 1. The number of thioether (sulfide) groups is 1. The molecule has 0 spiro atoms. The fraction of sp³-hybridized carbons (Fsp3) is 0.304. The van der Waals surface area contributed by atoms with Gasteiger partial charge in [0.2, 0.25) is 6.29 Å². The van der Waals surface area contributed by atoms with Crippen LogP contribution in [0.5, 0.6) is 0 Å². The van der Waals surface area contributed by atoms with Crippen molar-refractivity contribution >= 4 is 35.5 Å². The Hall–Kier alpha value is -3.13. The molecule has 0 radical (unpaired) electrons. The first kappa shape index (κ1) is 22.6. The van der Waals surface area contributed by atoms with Crippen molar-refractivity contribution in [3.05, 3.63) is 64.6 Å². The van der Waals surface area contributed by atoms with Gasteiger partial charge in [-0.25, -0.2) is 9.59 Å². The Kier molecular flexibility index (Phi) is 7.46. The third-order valence-corrected chi connectivity index (χ3v) is 5.83. The van der Waals surface area contributed by atoms with Crippen molar-refractivity contribution < 1.29 is 33.4 Å². The predicted octanol–water partition coefficient (Wildman–Crippen LogP) is 3.29. The summed E-state index contributed by atoms with van der Waals surface area (Å²) in [6.45, 7) is 2.64. The van der Waals surface area contributed by atoms with Gasteiger partial charge in [0.25, 0.3) is 0 Å². The zero-order valence-electron chi connectivity index (χ0n) is 17.2. The zero-order valence-corrected chi connectivity index (χ0v) is 18.0. The second kappa shape index (κ2) is 10.3. The Bertz CT molecular complexity index is 989. The average molecular weight is 442 g/mol. The number of rotatable bonds is 7. The van der Waals surface area contributed by atoms with Gasteiger partial charge >= 0.3 is 17.9 Å². The number of allylic oxidation sites excluding steroid dienone is 3. The van der Waals surface area contributed by atoms with Crippen LogP contribution in [-0.2, 0) is 39.8 Å². The van der Waals surface area contributed by atoms with Gasteiger partial charge in [-0.2, -0.15) is 0 Å². The zero-order chi connectivity index (χ0) is 22.4. The summed E-state index contributed by atoms with van der Waals surface area (Å²) in [5.41, 5.74) is 1.60. The van der Waals surface area contributed by atoms with E-state index < -0.39 is 36.7 Å². The molecule has 0 amide bonds. The lowest BCUT2D eigenvalue weighted by molar-refractivity contribution is -0.190. The summed E-state index contributed by atoms with van der Waals surface area (Å²) < 4.78 is 14.9. The van der Waals surface area contributed by atoms with E-state index in [1.54, 1.807) is 19.9 Å². The van der Waals surface area contributed by atoms with Crippen LogP contribution in [0.2, 0.25) is 0 Å². The molecule has 7 nitrogen and oxygen atoms in total. The molecule has 31 heavy (non-hydrogen) atoms. The molecule has 0 fully saturated rings. The molecule has 162 valence electrons. The maximum Gasteiger partial charge on any atom is 0.347 e. The van der Waals surface area contributed by atoms with Crippen LogP contribution in [0.25, 0.3) is 0 Å². The van der Waals surface area contributed by atoms with Crippen LogP contribution in [0.15, 0.2) is 63.9 Å². The van der Waals surface area contributed by atoms with Crippen molar-refractivity contribution in [2.45, 2.75) is 37.9 Å². The summed E-state index contributed by atoms with van der Waals surface area (Å²) in [4.78, 5) is 50.6. The third kappa shape index (κ3) is 5.52. The number of carbonyl (C=O) groups excluding carboxylic acids is 4. The first-order valence-electron chi connectivity index (χ1n) is 9.83. The quantitative estimate of drug-likeness (QED) is 0.275. The molecule has 0 saturated carbocycles. The van der Waals surface area contributed by atoms with E-state index in [0.717, 1.165) is 15.4 Å². The normalized spacial score (nSPS) is 18.3. The third-order valence-electron chi connectivity index (χ3n) is 4.61. The highest BCUT2D eigenvalue weighted by Gasteiger charge is 2.35. The number of ketones is 1. The highest BCUT2D eigenvalue weighted by molar-refractivity contribution is 8.03. The molecule has 1 aliphatic heterocycles. The monoisotopic (exact) mass is 442 g/mol. The fourth-order valence-corrected chi connectivity index (χ4v) is 4.19. The summed E-state index contributed by atoms with van der Waals surface area (Å²) in [6, 6.07) is 7.79. The summed E-state index contributed by atoms with van der Waals surface area (Å²) in [5, 5.41) is 0. The Morgan fingerprint density at radius 1 is 1.23 bits per heavy atom. The lowest BCUT2D eigenvalue weighted by Gasteiger charge is -2.25. The van der Waals surface area contributed by atoms with Gasteiger partial charge in [0.05, 0.1) is 0 Å². The van der Waals surface area contributed by atoms with Crippen molar-refractivity contribution in [3.63, 3.8) is 0 Å². The molecule has 0 aromatic heterocycles. The molecule has 0 bridgehead atoms. The van der Waals surface area contributed by atoms with Crippen molar-refractivity contribution in [2.75, 3.05) is 6.61 Å². The van der Waals surface area contributed by atoms with E-state index in [-0.39, 0.29) is 12.2 Å². The van der Waals surface area contributed by atoms with Crippen LogP contribution in [0.4, 0.5) is 0 Å². The SMILES string of the molecule is C/C=C/C(=O)OC(CC)OC(=O)COC(=O)C1C=CC2=C(Cc3ccccc3S2)C1=O. The second-order valence-corrected chi connectivity index (χ2v) is 7.89. The van der Waals surface area contributed by atoms with E-state index >= 15 is 0 Å². The molecule has 2 atom stereocenters. The molecule has 1 aromatic carbocycles. The second-order valence-electron chi connectivity index (χ2n) is 6.80. The smallest absolute Gasteiger partial charge is 0.347 e. The van der Waals surface area contributed by atoms with E-state index in [2.05, 4.69) is 0 Å². The van der Waals surface area contributed by atoms with Crippen LogP contribution < -0.4 is 0 Å². The maximum atomic E-state index is 12.9. The number of hydrogen-bond acceptors (Lipinski definition) is 8. The highest BCUT2D eigenvalue weighted by atomic mass is 32.2. The summed E-state index contributed by atoms with van der Waals surface area (Å²) >= 11 is 1.49. The Morgan fingerprint density at radius 2 is 2.00 bits per heavy atom. The molecule has 0 N–H and O–H groups in total. The Labute approximate surface area is 184 Å².